The number of aliphatic hydroxyl groups excluding tert-OH is 1. The van der Waals surface area contributed by atoms with Gasteiger partial charge in [-0.15, -0.1) is 0 Å². The molecule has 0 aliphatic heterocycles. The van der Waals surface area contributed by atoms with Gasteiger partial charge in [-0.05, 0) is 30.0 Å². The van der Waals surface area contributed by atoms with Crippen molar-refractivity contribution in [2.75, 3.05) is 6.54 Å². The number of nitrogens with zero attached hydrogens (tertiary/aromatic N) is 2. The van der Waals surface area contributed by atoms with Crippen molar-refractivity contribution in [2.24, 2.45) is 0 Å². The third kappa shape index (κ3) is 4.69. The third-order valence-electron chi connectivity index (χ3n) is 3.67. The Morgan fingerprint density at radius 3 is 2.38 bits per heavy atom. The smallest absolute Gasteiger partial charge is 0.0914 e. The summed E-state index contributed by atoms with van der Waals surface area (Å²) in [4.78, 5) is 0. The topological polar surface area (TPSA) is 50.1 Å². The maximum absolute atomic E-state index is 10.2. The van der Waals surface area contributed by atoms with Gasteiger partial charge in [0, 0.05) is 25.0 Å². The molecule has 2 atom stereocenters. The molecule has 2 rings (SSSR count). The molecule has 21 heavy (non-hydrogen) atoms. The highest BCUT2D eigenvalue weighted by molar-refractivity contribution is 5.26. The van der Waals surface area contributed by atoms with Crippen LogP contribution in [0.4, 0.5) is 0 Å². The van der Waals surface area contributed by atoms with E-state index in [9.17, 15) is 5.11 Å². The number of hydrogen-bond donors (Lipinski definition) is 2. The van der Waals surface area contributed by atoms with Crippen LogP contribution >= 0.6 is 0 Å². The summed E-state index contributed by atoms with van der Waals surface area (Å²) >= 11 is 0. The van der Waals surface area contributed by atoms with Crippen LogP contribution in [0.1, 0.15) is 43.9 Å². The standard InChI is InChI=1S/C17H25N3O/c1-13(2)15-5-7-16(8-6-15)17(21)11-18-14(3)12-20-10-4-9-19-20/h4-10,13-14,17-18,21H,11-12H2,1-3H3. The number of hydrogen-bond acceptors (Lipinski definition) is 3. The first-order valence-corrected chi connectivity index (χ1v) is 7.55. The molecule has 0 saturated carbocycles. The molecule has 0 radical (unpaired) electrons. The average molecular weight is 287 g/mol. The monoisotopic (exact) mass is 287 g/mol. The maximum Gasteiger partial charge on any atom is 0.0914 e. The molecule has 2 aromatic rings. The largest absolute Gasteiger partial charge is 0.387 e. The summed E-state index contributed by atoms with van der Waals surface area (Å²) in [6, 6.07) is 10.4. The Bertz CT molecular complexity index is 519. The van der Waals surface area contributed by atoms with Crippen LogP contribution in [-0.2, 0) is 6.54 Å². The molecule has 0 aliphatic rings. The molecule has 2 N–H and O–H groups in total. The van der Waals surface area contributed by atoms with Crippen LogP contribution in [0, 0.1) is 0 Å². The second kappa shape index (κ2) is 7.38. The van der Waals surface area contributed by atoms with Gasteiger partial charge in [0.2, 0.25) is 0 Å². The van der Waals surface area contributed by atoms with E-state index in [-0.39, 0.29) is 6.04 Å². The first kappa shape index (κ1) is 15.7. The number of rotatable bonds is 7. The van der Waals surface area contributed by atoms with Gasteiger partial charge in [0.25, 0.3) is 0 Å². The minimum Gasteiger partial charge on any atom is -0.387 e. The lowest BCUT2D eigenvalue weighted by molar-refractivity contribution is 0.169. The molecular weight excluding hydrogens is 262 g/mol. The van der Waals surface area contributed by atoms with Gasteiger partial charge < -0.3 is 10.4 Å². The molecule has 4 nitrogen and oxygen atoms in total. The van der Waals surface area contributed by atoms with Crippen LogP contribution in [0.15, 0.2) is 42.7 Å². The van der Waals surface area contributed by atoms with Crippen LogP contribution in [-0.4, -0.2) is 27.5 Å². The van der Waals surface area contributed by atoms with E-state index in [1.54, 1.807) is 6.20 Å². The Labute approximate surface area is 126 Å². The first-order chi connectivity index (χ1) is 10.1. The summed E-state index contributed by atoms with van der Waals surface area (Å²) in [7, 11) is 0. The summed E-state index contributed by atoms with van der Waals surface area (Å²) in [5.74, 6) is 0.517. The fraction of sp³-hybridized carbons (Fsp3) is 0.471. The molecule has 0 saturated heterocycles. The minimum atomic E-state index is -0.480. The fourth-order valence-corrected chi connectivity index (χ4v) is 2.29. The second-order valence-corrected chi connectivity index (χ2v) is 5.87. The molecule has 0 aliphatic carbocycles. The lowest BCUT2D eigenvalue weighted by atomic mass is 10.00. The van der Waals surface area contributed by atoms with Crippen LogP contribution in [0.3, 0.4) is 0 Å². The van der Waals surface area contributed by atoms with E-state index in [0.717, 1.165) is 12.1 Å². The Kier molecular flexibility index (Phi) is 5.53. The van der Waals surface area contributed by atoms with Gasteiger partial charge >= 0.3 is 0 Å². The quantitative estimate of drug-likeness (QED) is 0.823. The Morgan fingerprint density at radius 1 is 1.14 bits per heavy atom. The number of nitrogens with one attached hydrogen (secondary N) is 1. The zero-order valence-electron chi connectivity index (χ0n) is 13.0. The summed E-state index contributed by atoms with van der Waals surface area (Å²) in [5, 5.41) is 17.8. The van der Waals surface area contributed by atoms with Crippen molar-refractivity contribution in [3.63, 3.8) is 0 Å². The van der Waals surface area contributed by atoms with Gasteiger partial charge in [0.1, 0.15) is 0 Å². The van der Waals surface area contributed by atoms with E-state index in [0.29, 0.717) is 12.5 Å². The Balaban J connectivity index is 1.82. The van der Waals surface area contributed by atoms with Crippen molar-refractivity contribution in [2.45, 2.75) is 45.4 Å². The first-order valence-electron chi connectivity index (χ1n) is 7.55. The highest BCUT2D eigenvalue weighted by Crippen LogP contribution is 2.18. The highest BCUT2D eigenvalue weighted by atomic mass is 16.3. The van der Waals surface area contributed by atoms with E-state index < -0.39 is 6.10 Å². The predicted molar refractivity (Wildman–Crippen MR) is 85.2 cm³/mol. The number of benzene rings is 1. The predicted octanol–water partition coefficient (Wildman–Crippen LogP) is 2.72. The van der Waals surface area contributed by atoms with E-state index in [1.165, 1.54) is 5.56 Å². The second-order valence-electron chi connectivity index (χ2n) is 5.87. The fourth-order valence-electron chi connectivity index (χ4n) is 2.29. The van der Waals surface area contributed by atoms with Gasteiger partial charge in [-0.25, -0.2) is 0 Å². The highest BCUT2D eigenvalue weighted by Gasteiger charge is 2.10. The molecular formula is C17H25N3O. The van der Waals surface area contributed by atoms with E-state index in [1.807, 2.05) is 29.1 Å². The number of aliphatic hydroxyl groups is 1. The normalized spacial score (nSPS) is 14.3. The van der Waals surface area contributed by atoms with Crippen LogP contribution in [0.25, 0.3) is 0 Å². The van der Waals surface area contributed by atoms with Crippen molar-refractivity contribution >= 4 is 0 Å². The average Bonchev–Trinajstić information content (AvgIpc) is 2.97. The van der Waals surface area contributed by atoms with Gasteiger partial charge in [-0.2, -0.15) is 5.10 Å². The van der Waals surface area contributed by atoms with Gasteiger partial charge in [0.05, 0.1) is 12.6 Å². The zero-order chi connectivity index (χ0) is 15.2. The van der Waals surface area contributed by atoms with E-state index >= 15 is 0 Å². The lowest BCUT2D eigenvalue weighted by Gasteiger charge is -2.18. The van der Waals surface area contributed by atoms with Crippen molar-refractivity contribution in [3.05, 3.63) is 53.9 Å². The van der Waals surface area contributed by atoms with Crippen molar-refractivity contribution in [3.8, 4) is 0 Å². The van der Waals surface area contributed by atoms with Crippen molar-refractivity contribution in [1.29, 1.82) is 0 Å². The van der Waals surface area contributed by atoms with Crippen LogP contribution < -0.4 is 5.32 Å². The molecule has 0 spiro atoms. The molecule has 1 heterocycles. The van der Waals surface area contributed by atoms with E-state index in [2.05, 4.69) is 43.3 Å². The SMILES string of the molecule is CC(Cn1cccn1)NCC(O)c1ccc(C(C)C)cc1. The molecule has 0 bridgehead atoms. The molecule has 1 aromatic carbocycles. The number of aromatic nitrogens is 2. The van der Waals surface area contributed by atoms with Gasteiger partial charge in [-0.3, -0.25) is 4.68 Å². The Hall–Kier alpha value is -1.65. The summed E-state index contributed by atoms with van der Waals surface area (Å²) < 4.78 is 1.89. The summed E-state index contributed by atoms with van der Waals surface area (Å²) in [6.07, 6.45) is 3.24. The molecule has 0 amide bonds. The third-order valence-corrected chi connectivity index (χ3v) is 3.67. The molecule has 0 fully saturated rings. The Morgan fingerprint density at radius 2 is 1.81 bits per heavy atom. The maximum atomic E-state index is 10.2. The lowest BCUT2D eigenvalue weighted by Crippen LogP contribution is -2.33. The summed E-state index contributed by atoms with van der Waals surface area (Å²) in [6.45, 7) is 7.78. The van der Waals surface area contributed by atoms with Crippen LogP contribution in [0.2, 0.25) is 0 Å². The molecule has 4 heteroatoms. The molecule has 114 valence electrons. The van der Waals surface area contributed by atoms with Crippen molar-refractivity contribution < 1.29 is 5.11 Å². The summed E-state index contributed by atoms with van der Waals surface area (Å²) in [5.41, 5.74) is 2.25. The van der Waals surface area contributed by atoms with Gasteiger partial charge in [0.15, 0.2) is 0 Å². The minimum absolute atomic E-state index is 0.259. The van der Waals surface area contributed by atoms with Crippen LogP contribution in [0.5, 0.6) is 0 Å². The zero-order valence-corrected chi connectivity index (χ0v) is 13.0. The van der Waals surface area contributed by atoms with E-state index in [4.69, 9.17) is 0 Å². The molecule has 1 aromatic heterocycles. The van der Waals surface area contributed by atoms with Crippen molar-refractivity contribution in [1.82, 2.24) is 15.1 Å². The molecule has 2 unspecified atom stereocenters. The van der Waals surface area contributed by atoms with Gasteiger partial charge in [-0.1, -0.05) is 38.1 Å².